The molecule has 6 nitrogen and oxygen atoms in total. The molecule has 0 aromatic carbocycles. The highest BCUT2D eigenvalue weighted by molar-refractivity contribution is 5.75. The van der Waals surface area contributed by atoms with Crippen molar-refractivity contribution < 1.29 is 4.79 Å². The van der Waals surface area contributed by atoms with Crippen LogP contribution < -0.4 is 5.32 Å². The number of nitrogens with zero attached hydrogens (tertiary/aromatic N) is 3. The van der Waals surface area contributed by atoms with Gasteiger partial charge in [-0.3, -0.25) is 9.48 Å². The van der Waals surface area contributed by atoms with Crippen LogP contribution in [0.1, 0.15) is 12.2 Å². The van der Waals surface area contributed by atoms with Crippen molar-refractivity contribution in [2.45, 2.75) is 19.4 Å². The Labute approximate surface area is 99.1 Å². The van der Waals surface area contributed by atoms with Gasteiger partial charge in [-0.25, -0.2) is 4.98 Å². The fraction of sp³-hybridized carbons (Fsp3) is 0.364. The summed E-state index contributed by atoms with van der Waals surface area (Å²) < 4.78 is 1.74. The fourth-order valence-electron chi connectivity index (χ4n) is 1.49. The topological polar surface area (TPSA) is 75.6 Å². The Bertz CT molecular complexity index is 434. The third kappa shape index (κ3) is 3.75. The third-order valence-electron chi connectivity index (χ3n) is 2.37. The molecule has 2 heterocycles. The number of nitrogens with one attached hydrogen (secondary N) is 2. The number of H-pyrrole nitrogens is 1. The van der Waals surface area contributed by atoms with Crippen LogP contribution in [-0.4, -0.2) is 32.2 Å². The first-order chi connectivity index (χ1) is 8.34. The minimum absolute atomic E-state index is 0.0343. The second-order valence-electron chi connectivity index (χ2n) is 3.65. The van der Waals surface area contributed by atoms with Crippen molar-refractivity contribution in [3.05, 3.63) is 36.7 Å². The van der Waals surface area contributed by atoms with Gasteiger partial charge in [-0.2, -0.15) is 5.10 Å². The van der Waals surface area contributed by atoms with Gasteiger partial charge in [-0.1, -0.05) is 0 Å². The van der Waals surface area contributed by atoms with E-state index in [4.69, 9.17) is 0 Å². The number of rotatable bonds is 6. The van der Waals surface area contributed by atoms with Crippen LogP contribution in [0.4, 0.5) is 0 Å². The van der Waals surface area contributed by atoms with Crippen LogP contribution in [0.2, 0.25) is 0 Å². The number of aromatic amines is 1. The molecule has 2 rings (SSSR count). The molecule has 0 atom stereocenters. The molecular weight excluding hydrogens is 218 g/mol. The van der Waals surface area contributed by atoms with Gasteiger partial charge in [0.15, 0.2) is 0 Å². The molecule has 1 amide bonds. The lowest BCUT2D eigenvalue weighted by Gasteiger charge is -2.04. The van der Waals surface area contributed by atoms with E-state index in [0.717, 1.165) is 12.2 Å². The summed E-state index contributed by atoms with van der Waals surface area (Å²) in [4.78, 5) is 18.6. The number of carbonyl (C=O) groups is 1. The Kier molecular flexibility index (Phi) is 3.90. The molecule has 0 bridgehead atoms. The Balaban J connectivity index is 1.61. The first kappa shape index (κ1) is 11.4. The molecule has 0 fully saturated rings. The Morgan fingerprint density at radius 2 is 2.41 bits per heavy atom. The highest BCUT2D eigenvalue weighted by atomic mass is 16.1. The standard InChI is InChI=1S/C11H15N5O/c17-11(3-9-16-8-1-4-15-16)14-5-2-10-12-6-7-13-10/h1,4,6-8H,2-3,5,9H2,(H,12,13)(H,14,17). The lowest BCUT2D eigenvalue weighted by molar-refractivity contribution is -0.121. The zero-order valence-corrected chi connectivity index (χ0v) is 9.47. The van der Waals surface area contributed by atoms with Gasteiger partial charge >= 0.3 is 0 Å². The van der Waals surface area contributed by atoms with Crippen LogP contribution in [0.15, 0.2) is 30.9 Å². The molecule has 0 aliphatic rings. The number of imidazole rings is 1. The highest BCUT2D eigenvalue weighted by Crippen LogP contribution is 1.91. The summed E-state index contributed by atoms with van der Waals surface area (Å²) in [5.41, 5.74) is 0. The number of aryl methyl sites for hydroxylation is 1. The van der Waals surface area contributed by atoms with E-state index in [0.29, 0.717) is 19.5 Å². The smallest absolute Gasteiger partial charge is 0.221 e. The molecule has 0 aliphatic heterocycles. The van der Waals surface area contributed by atoms with Gasteiger partial charge in [0, 0.05) is 50.7 Å². The van der Waals surface area contributed by atoms with E-state index < -0.39 is 0 Å². The maximum atomic E-state index is 11.5. The summed E-state index contributed by atoms with van der Waals surface area (Å²) in [7, 11) is 0. The van der Waals surface area contributed by atoms with E-state index in [1.54, 1.807) is 23.3 Å². The molecule has 2 N–H and O–H groups in total. The molecule has 6 heteroatoms. The summed E-state index contributed by atoms with van der Waals surface area (Å²) in [6.45, 7) is 1.21. The van der Waals surface area contributed by atoms with Crippen molar-refractivity contribution in [3.63, 3.8) is 0 Å². The van der Waals surface area contributed by atoms with Crippen molar-refractivity contribution in [2.75, 3.05) is 6.54 Å². The quantitative estimate of drug-likeness (QED) is 0.756. The van der Waals surface area contributed by atoms with E-state index in [9.17, 15) is 4.79 Å². The number of carbonyl (C=O) groups excluding carboxylic acids is 1. The Morgan fingerprint density at radius 1 is 1.47 bits per heavy atom. The number of aromatic nitrogens is 4. The van der Waals surface area contributed by atoms with Gasteiger partial charge < -0.3 is 10.3 Å². The number of amides is 1. The molecule has 0 aliphatic carbocycles. The molecule has 90 valence electrons. The summed E-state index contributed by atoms with van der Waals surface area (Å²) in [5, 5.41) is 6.87. The van der Waals surface area contributed by atoms with Gasteiger partial charge in [-0.15, -0.1) is 0 Å². The minimum Gasteiger partial charge on any atom is -0.356 e. The molecule has 0 unspecified atom stereocenters. The van der Waals surface area contributed by atoms with E-state index in [1.165, 1.54) is 0 Å². The number of hydrogen-bond acceptors (Lipinski definition) is 3. The molecule has 0 spiro atoms. The molecule has 0 saturated heterocycles. The van der Waals surface area contributed by atoms with Crippen LogP contribution in [0.5, 0.6) is 0 Å². The average Bonchev–Trinajstić information content (AvgIpc) is 2.99. The molecular formula is C11H15N5O. The van der Waals surface area contributed by atoms with Crippen LogP contribution in [0.25, 0.3) is 0 Å². The van der Waals surface area contributed by atoms with Gasteiger partial charge in [-0.05, 0) is 6.07 Å². The second-order valence-corrected chi connectivity index (χ2v) is 3.65. The van der Waals surface area contributed by atoms with Crippen LogP contribution in [-0.2, 0) is 17.8 Å². The lowest BCUT2D eigenvalue weighted by atomic mass is 10.3. The molecule has 2 aromatic rings. The predicted molar refractivity (Wildman–Crippen MR) is 62.1 cm³/mol. The summed E-state index contributed by atoms with van der Waals surface area (Å²) in [5.74, 6) is 0.921. The fourth-order valence-corrected chi connectivity index (χ4v) is 1.49. The maximum Gasteiger partial charge on any atom is 0.221 e. The number of hydrogen-bond donors (Lipinski definition) is 2. The SMILES string of the molecule is O=C(CCn1cccn1)NCCc1ncc[nH]1. The lowest BCUT2D eigenvalue weighted by Crippen LogP contribution is -2.26. The van der Waals surface area contributed by atoms with Crippen LogP contribution in [0, 0.1) is 0 Å². The largest absolute Gasteiger partial charge is 0.356 e. The minimum atomic E-state index is 0.0343. The third-order valence-corrected chi connectivity index (χ3v) is 2.37. The van der Waals surface area contributed by atoms with Gasteiger partial charge in [0.25, 0.3) is 0 Å². The molecule has 17 heavy (non-hydrogen) atoms. The monoisotopic (exact) mass is 233 g/mol. The molecule has 0 saturated carbocycles. The van der Waals surface area contributed by atoms with Gasteiger partial charge in [0.05, 0.1) is 0 Å². The van der Waals surface area contributed by atoms with E-state index in [-0.39, 0.29) is 5.91 Å². The first-order valence-corrected chi connectivity index (χ1v) is 5.57. The van der Waals surface area contributed by atoms with Crippen molar-refractivity contribution >= 4 is 5.91 Å². The zero-order valence-electron chi connectivity index (χ0n) is 9.47. The summed E-state index contributed by atoms with van der Waals surface area (Å²) in [6.07, 6.45) is 8.19. The molecule has 2 aromatic heterocycles. The maximum absolute atomic E-state index is 11.5. The van der Waals surface area contributed by atoms with E-state index in [1.807, 2.05) is 12.3 Å². The Morgan fingerprint density at radius 3 is 3.12 bits per heavy atom. The zero-order chi connectivity index (χ0) is 11.9. The van der Waals surface area contributed by atoms with Crippen molar-refractivity contribution in [2.24, 2.45) is 0 Å². The normalized spacial score (nSPS) is 10.4. The summed E-state index contributed by atoms with van der Waals surface area (Å²) >= 11 is 0. The van der Waals surface area contributed by atoms with Gasteiger partial charge in [0.2, 0.25) is 5.91 Å². The summed E-state index contributed by atoms with van der Waals surface area (Å²) in [6, 6.07) is 1.84. The van der Waals surface area contributed by atoms with E-state index >= 15 is 0 Å². The highest BCUT2D eigenvalue weighted by Gasteiger charge is 2.02. The van der Waals surface area contributed by atoms with Gasteiger partial charge in [0.1, 0.15) is 5.82 Å². The van der Waals surface area contributed by atoms with Crippen molar-refractivity contribution in [1.29, 1.82) is 0 Å². The predicted octanol–water partition coefficient (Wildman–Crippen LogP) is 0.355. The van der Waals surface area contributed by atoms with Crippen LogP contribution in [0.3, 0.4) is 0 Å². The van der Waals surface area contributed by atoms with Crippen molar-refractivity contribution in [1.82, 2.24) is 25.1 Å². The Hall–Kier alpha value is -2.11. The van der Waals surface area contributed by atoms with Crippen LogP contribution >= 0.6 is 0 Å². The average molecular weight is 233 g/mol. The van der Waals surface area contributed by atoms with Crippen molar-refractivity contribution in [3.8, 4) is 0 Å². The second kappa shape index (κ2) is 5.83. The van der Waals surface area contributed by atoms with E-state index in [2.05, 4.69) is 20.4 Å². The molecule has 0 radical (unpaired) electrons. The first-order valence-electron chi connectivity index (χ1n) is 5.57.